The molecule has 1 aliphatic carbocycles. The van der Waals surface area contributed by atoms with Gasteiger partial charge in [-0.15, -0.1) is 0 Å². The first-order chi connectivity index (χ1) is 8.88. The first-order valence-electron chi connectivity index (χ1n) is 6.71. The molecule has 0 spiro atoms. The average molecular weight is 241 g/mol. The molecule has 1 aliphatic rings. The van der Waals surface area contributed by atoms with E-state index in [0.29, 0.717) is 5.92 Å². The lowest BCUT2D eigenvalue weighted by Gasteiger charge is -2.30. The summed E-state index contributed by atoms with van der Waals surface area (Å²) < 4.78 is 2.19. The second kappa shape index (κ2) is 4.84. The van der Waals surface area contributed by atoms with Crippen molar-refractivity contribution in [2.24, 2.45) is 0 Å². The first-order valence-corrected chi connectivity index (χ1v) is 6.71. The fourth-order valence-electron chi connectivity index (χ4n) is 2.66. The van der Waals surface area contributed by atoms with Crippen LogP contribution in [0.3, 0.4) is 0 Å². The van der Waals surface area contributed by atoms with E-state index in [1.807, 2.05) is 12.4 Å². The molecule has 18 heavy (non-hydrogen) atoms. The van der Waals surface area contributed by atoms with Crippen molar-refractivity contribution < 1.29 is 0 Å². The van der Waals surface area contributed by atoms with Crippen LogP contribution in [-0.4, -0.2) is 16.1 Å². The summed E-state index contributed by atoms with van der Waals surface area (Å²) in [7, 11) is 0. The molecule has 1 aromatic carbocycles. The monoisotopic (exact) mass is 241 g/mol. The Morgan fingerprint density at radius 1 is 1.39 bits per heavy atom. The normalized spacial score (nSPS) is 17.1. The van der Waals surface area contributed by atoms with Crippen LogP contribution < -0.4 is 5.32 Å². The van der Waals surface area contributed by atoms with Crippen LogP contribution in [0, 0.1) is 0 Å². The van der Waals surface area contributed by atoms with Crippen molar-refractivity contribution in [2.45, 2.75) is 32.2 Å². The van der Waals surface area contributed by atoms with Crippen LogP contribution in [-0.2, 0) is 13.0 Å². The highest BCUT2D eigenvalue weighted by Crippen LogP contribution is 2.34. The van der Waals surface area contributed by atoms with E-state index in [0.717, 1.165) is 25.5 Å². The van der Waals surface area contributed by atoms with E-state index in [1.54, 1.807) is 0 Å². The Kier molecular flexibility index (Phi) is 3.05. The molecule has 0 bridgehead atoms. The average Bonchev–Trinajstić information content (AvgIpc) is 2.79. The van der Waals surface area contributed by atoms with Crippen LogP contribution in [0.15, 0.2) is 36.7 Å². The van der Waals surface area contributed by atoms with Crippen molar-refractivity contribution in [1.29, 1.82) is 0 Å². The molecule has 3 heteroatoms. The van der Waals surface area contributed by atoms with Crippen molar-refractivity contribution in [1.82, 2.24) is 9.55 Å². The molecule has 0 radical (unpaired) electrons. The molecule has 1 N–H and O–H groups in total. The van der Waals surface area contributed by atoms with Crippen LogP contribution in [0.25, 0.3) is 0 Å². The summed E-state index contributed by atoms with van der Waals surface area (Å²) in [5.41, 5.74) is 3.00. The van der Waals surface area contributed by atoms with Crippen molar-refractivity contribution in [3.63, 3.8) is 0 Å². The molecule has 0 amide bonds. The fraction of sp³-hybridized carbons (Fsp3) is 0.400. The molecule has 1 aromatic heterocycles. The van der Waals surface area contributed by atoms with Crippen molar-refractivity contribution >= 4 is 5.95 Å². The Morgan fingerprint density at radius 2 is 2.28 bits per heavy atom. The largest absolute Gasteiger partial charge is 0.355 e. The molecule has 3 nitrogen and oxygen atoms in total. The second-order valence-electron chi connectivity index (χ2n) is 4.93. The van der Waals surface area contributed by atoms with Crippen molar-refractivity contribution in [3.05, 3.63) is 47.8 Å². The lowest BCUT2D eigenvalue weighted by atomic mass is 9.78. The lowest BCUT2D eigenvalue weighted by molar-refractivity contribution is 0.623. The Morgan fingerprint density at radius 3 is 3.11 bits per heavy atom. The summed E-state index contributed by atoms with van der Waals surface area (Å²) in [5.74, 6) is 1.65. The molecule has 0 saturated carbocycles. The van der Waals surface area contributed by atoms with Crippen LogP contribution in [0.4, 0.5) is 5.95 Å². The Bertz CT molecular complexity index is 530. The number of hydrogen-bond donors (Lipinski definition) is 1. The third kappa shape index (κ3) is 2.01. The molecule has 0 saturated heterocycles. The number of rotatable bonds is 5. The van der Waals surface area contributed by atoms with E-state index in [1.165, 1.54) is 17.5 Å². The number of aromatic nitrogens is 2. The zero-order chi connectivity index (χ0) is 12.4. The molecule has 0 aliphatic heterocycles. The molecular formula is C15H19N3. The molecule has 1 heterocycles. The van der Waals surface area contributed by atoms with Crippen LogP contribution in [0.5, 0.6) is 0 Å². The summed E-state index contributed by atoms with van der Waals surface area (Å²) >= 11 is 0. The van der Waals surface area contributed by atoms with Gasteiger partial charge in [-0.25, -0.2) is 4.98 Å². The van der Waals surface area contributed by atoms with Crippen molar-refractivity contribution in [2.75, 3.05) is 11.9 Å². The molecule has 94 valence electrons. The number of benzene rings is 1. The number of nitrogens with zero attached hydrogens (tertiary/aromatic N) is 2. The maximum Gasteiger partial charge on any atom is 0.202 e. The summed E-state index contributed by atoms with van der Waals surface area (Å²) in [4.78, 5) is 4.37. The van der Waals surface area contributed by atoms with Gasteiger partial charge in [0.05, 0.1) is 0 Å². The molecule has 3 rings (SSSR count). The first kappa shape index (κ1) is 11.3. The minimum absolute atomic E-state index is 0.646. The van der Waals surface area contributed by atoms with Crippen molar-refractivity contribution in [3.8, 4) is 0 Å². The number of imidazole rings is 1. The highest BCUT2D eigenvalue weighted by Gasteiger charge is 2.25. The van der Waals surface area contributed by atoms with Crippen LogP contribution in [0.1, 0.15) is 30.4 Å². The van der Waals surface area contributed by atoms with E-state index < -0.39 is 0 Å². The summed E-state index contributed by atoms with van der Waals surface area (Å²) in [6.45, 7) is 4.20. The van der Waals surface area contributed by atoms with E-state index in [2.05, 4.69) is 46.1 Å². The van der Waals surface area contributed by atoms with Gasteiger partial charge in [0.15, 0.2) is 0 Å². The maximum absolute atomic E-state index is 4.37. The smallest absolute Gasteiger partial charge is 0.202 e. The molecule has 1 atom stereocenters. The van der Waals surface area contributed by atoms with Gasteiger partial charge in [-0.05, 0) is 24.0 Å². The molecule has 2 aromatic rings. The number of aryl methyl sites for hydroxylation is 1. The Balaban J connectivity index is 1.61. The van der Waals surface area contributed by atoms with Crippen LogP contribution >= 0.6 is 0 Å². The SMILES string of the molecule is CCCn1ccnc1NCC1Cc2ccccc21. The fourth-order valence-corrected chi connectivity index (χ4v) is 2.66. The third-order valence-corrected chi connectivity index (χ3v) is 3.65. The quantitative estimate of drug-likeness (QED) is 0.872. The number of anilines is 1. The van der Waals surface area contributed by atoms with Gasteiger partial charge in [0, 0.05) is 31.4 Å². The minimum atomic E-state index is 0.646. The summed E-state index contributed by atoms with van der Waals surface area (Å²) in [6, 6.07) is 8.72. The maximum atomic E-state index is 4.37. The van der Waals surface area contributed by atoms with E-state index >= 15 is 0 Å². The minimum Gasteiger partial charge on any atom is -0.355 e. The lowest BCUT2D eigenvalue weighted by Crippen LogP contribution is -2.25. The van der Waals surface area contributed by atoms with Crippen LogP contribution in [0.2, 0.25) is 0 Å². The van der Waals surface area contributed by atoms with Gasteiger partial charge >= 0.3 is 0 Å². The van der Waals surface area contributed by atoms with Gasteiger partial charge in [-0.1, -0.05) is 31.2 Å². The molecule has 0 fully saturated rings. The number of hydrogen-bond acceptors (Lipinski definition) is 2. The van der Waals surface area contributed by atoms with Gasteiger partial charge in [-0.2, -0.15) is 0 Å². The van der Waals surface area contributed by atoms with Gasteiger partial charge < -0.3 is 9.88 Å². The standard InChI is InChI=1S/C15H19N3/c1-2-8-18-9-7-16-15(18)17-11-13-10-12-5-3-4-6-14(12)13/h3-7,9,13H,2,8,10-11H2,1H3,(H,16,17). The zero-order valence-corrected chi connectivity index (χ0v) is 10.8. The third-order valence-electron chi connectivity index (χ3n) is 3.65. The number of nitrogens with one attached hydrogen (secondary N) is 1. The predicted octanol–water partition coefficient (Wildman–Crippen LogP) is 3.04. The van der Waals surface area contributed by atoms with Gasteiger partial charge in [0.25, 0.3) is 0 Å². The Hall–Kier alpha value is -1.77. The topological polar surface area (TPSA) is 29.9 Å². The van der Waals surface area contributed by atoms with E-state index in [-0.39, 0.29) is 0 Å². The molecular weight excluding hydrogens is 222 g/mol. The summed E-state index contributed by atoms with van der Waals surface area (Å²) in [5, 5.41) is 3.47. The van der Waals surface area contributed by atoms with Gasteiger partial charge in [-0.3, -0.25) is 0 Å². The highest BCUT2D eigenvalue weighted by molar-refractivity contribution is 5.41. The van der Waals surface area contributed by atoms with E-state index in [9.17, 15) is 0 Å². The van der Waals surface area contributed by atoms with Gasteiger partial charge in [0.1, 0.15) is 0 Å². The zero-order valence-electron chi connectivity index (χ0n) is 10.8. The number of fused-ring (bicyclic) bond motifs is 1. The second-order valence-corrected chi connectivity index (χ2v) is 4.93. The predicted molar refractivity (Wildman–Crippen MR) is 73.9 cm³/mol. The Labute approximate surface area is 108 Å². The summed E-state index contributed by atoms with van der Waals surface area (Å²) in [6.07, 6.45) is 6.24. The highest BCUT2D eigenvalue weighted by atomic mass is 15.2. The van der Waals surface area contributed by atoms with E-state index in [4.69, 9.17) is 0 Å². The molecule has 1 unspecified atom stereocenters. The van der Waals surface area contributed by atoms with Gasteiger partial charge in [0.2, 0.25) is 5.95 Å².